The van der Waals surface area contributed by atoms with Crippen LogP contribution >= 0.6 is 11.3 Å². The second-order valence-electron chi connectivity index (χ2n) is 5.56. The van der Waals surface area contributed by atoms with Gasteiger partial charge >= 0.3 is 0 Å². The minimum atomic E-state index is -3.29. The van der Waals surface area contributed by atoms with Crippen LogP contribution in [0.25, 0.3) is 0 Å². The van der Waals surface area contributed by atoms with Gasteiger partial charge in [0.1, 0.15) is 4.21 Å². The summed E-state index contributed by atoms with van der Waals surface area (Å²) < 4.78 is 27.3. The number of nitrogens with one attached hydrogen (secondary N) is 2. The average Bonchev–Trinajstić information content (AvgIpc) is 3.28. The lowest BCUT2D eigenvalue weighted by atomic mass is 10.3. The Morgan fingerprint density at radius 3 is 2.74 bits per heavy atom. The summed E-state index contributed by atoms with van der Waals surface area (Å²) in [6.07, 6.45) is 5.99. The minimum Gasteiger partial charge on any atom is -0.310 e. The van der Waals surface area contributed by atoms with Crippen LogP contribution in [0, 0.1) is 5.92 Å². The largest absolute Gasteiger partial charge is 0.310 e. The Hall–Kier alpha value is -0.430. The van der Waals surface area contributed by atoms with Crippen molar-refractivity contribution in [2.45, 2.75) is 48.9 Å². The molecule has 0 radical (unpaired) electrons. The molecule has 0 atom stereocenters. The molecule has 2 saturated carbocycles. The maximum absolute atomic E-state index is 12.1. The van der Waals surface area contributed by atoms with E-state index in [9.17, 15) is 8.42 Å². The molecule has 0 unspecified atom stereocenters. The zero-order valence-electron chi connectivity index (χ0n) is 10.9. The molecule has 2 aliphatic rings. The summed E-state index contributed by atoms with van der Waals surface area (Å²) >= 11 is 1.31. The van der Waals surface area contributed by atoms with E-state index in [1.54, 1.807) is 6.07 Å². The van der Waals surface area contributed by atoms with Gasteiger partial charge in [-0.25, -0.2) is 13.1 Å². The van der Waals surface area contributed by atoms with Gasteiger partial charge in [-0.1, -0.05) is 12.8 Å². The van der Waals surface area contributed by atoms with E-state index in [1.165, 1.54) is 37.0 Å². The fourth-order valence-corrected chi connectivity index (χ4v) is 4.31. The van der Waals surface area contributed by atoms with Crippen LogP contribution in [-0.4, -0.2) is 21.0 Å². The van der Waals surface area contributed by atoms with Crippen molar-refractivity contribution in [3.8, 4) is 0 Å². The molecule has 6 heteroatoms. The smallest absolute Gasteiger partial charge is 0.250 e. The van der Waals surface area contributed by atoms with Crippen molar-refractivity contribution in [1.82, 2.24) is 10.0 Å². The molecule has 19 heavy (non-hydrogen) atoms. The summed E-state index contributed by atoms with van der Waals surface area (Å²) in [5.41, 5.74) is 1.07. The molecule has 0 bridgehead atoms. The number of thiophene rings is 1. The van der Waals surface area contributed by atoms with Crippen LogP contribution in [-0.2, 0) is 16.6 Å². The number of hydrogen-bond donors (Lipinski definition) is 2. The SMILES string of the molecule is O=S(=O)(NCCC1CC1)c1cc(CNC2CC2)cs1. The van der Waals surface area contributed by atoms with Gasteiger partial charge in [-0.15, -0.1) is 11.3 Å². The van der Waals surface area contributed by atoms with Crippen molar-refractivity contribution in [2.75, 3.05) is 6.54 Å². The summed E-state index contributed by atoms with van der Waals surface area (Å²) in [6, 6.07) is 2.44. The van der Waals surface area contributed by atoms with Gasteiger partial charge in [0, 0.05) is 19.1 Å². The van der Waals surface area contributed by atoms with Crippen LogP contribution < -0.4 is 10.0 Å². The molecule has 1 heterocycles. The first-order valence-corrected chi connectivity index (χ1v) is 9.30. The van der Waals surface area contributed by atoms with Crippen LogP contribution in [0.1, 0.15) is 37.7 Å². The van der Waals surface area contributed by atoms with E-state index in [4.69, 9.17) is 0 Å². The normalized spacial score (nSPS) is 19.8. The third-order valence-electron chi connectivity index (χ3n) is 3.61. The Kier molecular flexibility index (Phi) is 3.93. The molecule has 2 aliphatic carbocycles. The molecule has 0 spiro atoms. The zero-order chi connectivity index (χ0) is 13.3. The second-order valence-corrected chi connectivity index (χ2v) is 8.46. The quantitative estimate of drug-likeness (QED) is 0.773. The molecular formula is C13H20N2O2S2. The van der Waals surface area contributed by atoms with Gasteiger partial charge < -0.3 is 5.32 Å². The van der Waals surface area contributed by atoms with E-state index in [2.05, 4.69) is 10.0 Å². The Morgan fingerprint density at radius 2 is 2.05 bits per heavy atom. The Labute approximate surface area is 118 Å². The predicted molar refractivity (Wildman–Crippen MR) is 76.7 cm³/mol. The first kappa shape index (κ1) is 13.5. The number of hydrogen-bond acceptors (Lipinski definition) is 4. The van der Waals surface area contributed by atoms with Crippen molar-refractivity contribution >= 4 is 21.4 Å². The molecule has 2 N–H and O–H groups in total. The van der Waals surface area contributed by atoms with Crippen molar-refractivity contribution in [3.05, 3.63) is 17.0 Å². The monoisotopic (exact) mass is 300 g/mol. The highest BCUT2D eigenvalue weighted by molar-refractivity contribution is 7.91. The van der Waals surface area contributed by atoms with Crippen LogP contribution in [0.4, 0.5) is 0 Å². The van der Waals surface area contributed by atoms with E-state index in [-0.39, 0.29) is 0 Å². The topological polar surface area (TPSA) is 58.2 Å². The number of rotatable bonds is 8. The van der Waals surface area contributed by atoms with Crippen molar-refractivity contribution in [3.63, 3.8) is 0 Å². The lowest BCUT2D eigenvalue weighted by Gasteiger charge is -2.03. The van der Waals surface area contributed by atoms with E-state index >= 15 is 0 Å². The molecule has 3 rings (SSSR count). The highest BCUT2D eigenvalue weighted by Crippen LogP contribution is 2.32. The molecule has 106 valence electrons. The zero-order valence-corrected chi connectivity index (χ0v) is 12.5. The Bertz CT molecular complexity index is 531. The first-order chi connectivity index (χ1) is 9.13. The molecule has 0 aliphatic heterocycles. The molecule has 0 aromatic carbocycles. The van der Waals surface area contributed by atoms with Gasteiger partial charge in [-0.2, -0.15) is 0 Å². The van der Waals surface area contributed by atoms with Crippen molar-refractivity contribution in [1.29, 1.82) is 0 Å². The lowest BCUT2D eigenvalue weighted by Crippen LogP contribution is -2.24. The highest BCUT2D eigenvalue weighted by Gasteiger charge is 2.23. The van der Waals surface area contributed by atoms with Gasteiger partial charge in [0.15, 0.2) is 0 Å². The van der Waals surface area contributed by atoms with E-state index in [0.717, 1.165) is 24.4 Å². The third kappa shape index (κ3) is 4.02. The molecule has 1 aromatic heterocycles. The van der Waals surface area contributed by atoms with Crippen LogP contribution in [0.3, 0.4) is 0 Å². The highest BCUT2D eigenvalue weighted by atomic mass is 32.2. The summed E-state index contributed by atoms with van der Waals surface area (Å²) in [5, 5.41) is 5.33. The van der Waals surface area contributed by atoms with E-state index < -0.39 is 10.0 Å². The third-order valence-corrected chi connectivity index (χ3v) is 6.56. The Morgan fingerprint density at radius 1 is 1.26 bits per heavy atom. The molecule has 2 fully saturated rings. The van der Waals surface area contributed by atoms with Crippen LogP contribution in [0.2, 0.25) is 0 Å². The summed E-state index contributed by atoms with van der Waals surface area (Å²) in [7, 11) is -3.29. The second kappa shape index (κ2) is 5.52. The lowest BCUT2D eigenvalue weighted by molar-refractivity contribution is 0.577. The van der Waals surface area contributed by atoms with E-state index in [1.807, 2.05) is 5.38 Å². The van der Waals surface area contributed by atoms with Crippen LogP contribution in [0.15, 0.2) is 15.7 Å². The Balaban J connectivity index is 1.52. The van der Waals surface area contributed by atoms with Gasteiger partial charge in [0.05, 0.1) is 0 Å². The molecule has 4 nitrogen and oxygen atoms in total. The van der Waals surface area contributed by atoms with Gasteiger partial charge in [0.25, 0.3) is 0 Å². The van der Waals surface area contributed by atoms with E-state index in [0.29, 0.717) is 16.8 Å². The van der Waals surface area contributed by atoms with Crippen molar-refractivity contribution < 1.29 is 8.42 Å². The standard InChI is InChI=1S/C13H20N2O2S2/c16-19(17,15-6-5-10-1-2-10)13-7-11(9-18-13)8-14-12-3-4-12/h7,9-10,12,14-15H,1-6,8H2. The van der Waals surface area contributed by atoms with Crippen molar-refractivity contribution in [2.24, 2.45) is 5.92 Å². The average molecular weight is 300 g/mol. The predicted octanol–water partition coefficient (Wildman–Crippen LogP) is 2.08. The molecule has 1 aromatic rings. The first-order valence-electron chi connectivity index (χ1n) is 6.94. The molecule has 0 saturated heterocycles. The maximum atomic E-state index is 12.1. The molecular weight excluding hydrogens is 280 g/mol. The summed E-state index contributed by atoms with van der Waals surface area (Å²) in [6.45, 7) is 1.35. The fourth-order valence-electron chi connectivity index (χ4n) is 2.01. The number of sulfonamides is 1. The summed E-state index contributed by atoms with van der Waals surface area (Å²) in [5.74, 6) is 0.754. The molecule has 0 amide bonds. The summed E-state index contributed by atoms with van der Waals surface area (Å²) in [4.78, 5) is 0. The minimum absolute atomic E-state index is 0.441. The van der Waals surface area contributed by atoms with Gasteiger partial charge in [-0.05, 0) is 42.2 Å². The maximum Gasteiger partial charge on any atom is 0.250 e. The fraction of sp³-hybridized carbons (Fsp3) is 0.692. The van der Waals surface area contributed by atoms with Crippen LogP contribution in [0.5, 0.6) is 0 Å². The van der Waals surface area contributed by atoms with Gasteiger partial charge in [-0.3, -0.25) is 0 Å². The van der Waals surface area contributed by atoms with Gasteiger partial charge in [0.2, 0.25) is 10.0 Å².